The minimum absolute atomic E-state index is 0. The van der Waals surface area contributed by atoms with Gasteiger partial charge in [0.1, 0.15) is 12.6 Å². The van der Waals surface area contributed by atoms with Gasteiger partial charge in [-0.3, -0.25) is 0 Å². The summed E-state index contributed by atoms with van der Waals surface area (Å²) < 4.78 is 28.5. The molecule has 4 nitrogen and oxygen atoms in total. The van der Waals surface area contributed by atoms with E-state index >= 15 is 0 Å². The van der Waals surface area contributed by atoms with Crippen LogP contribution >= 0.6 is 0 Å². The first kappa shape index (κ1) is 16.0. The molecule has 0 spiro atoms. The number of fused-ring (bicyclic) bond motifs is 1. The van der Waals surface area contributed by atoms with Gasteiger partial charge in [-0.2, -0.15) is 0 Å². The van der Waals surface area contributed by atoms with Crippen molar-refractivity contribution >= 4 is 20.9 Å². The van der Waals surface area contributed by atoms with E-state index in [4.69, 9.17) is 0 Å². The highest BCUT2D eigenvalue weighted by molar-refractivity contribution is 7.90. The second-order valence-electron chi connectivity index (χ2n) is 4.88. The van der Waals surface area contributed by atoms with Crippen molar-refractivity contribution in [2.75, 3.05) is 0 Å². The van der Waals surface area contributed by atoms with Crippen LogP contribution in [0, 0.1) is 6.92 Å². The number of aryl methyl sites for hydroxylation is 2. The van der Waals surface area contributed by atoms with Crippen LogP contribution in [0.4, 0.5) is 0 Å². The number of halogens is 1. The summed E-state index contributed by atoms with van der Waals surface area (Å²) in [4.78, 5) is 0.298. The lowest BCUT2D eigenvalue weighted by atomic mass is 10.2. The van der Waals surface area contributed by atoms with Crippen LogP contribution in [0.3, 0.4) is 0 Å². The molecule has 110 valence electrons. The van der Waals surface area contributed by atoms with E-state index in [1.54, 1.807) is 42.7 Å². The maximum absolute atomic E-state index is 12.7. The third kappa shape index (κ3) is 2.82. The van der Waals surface area contributed by atoms with Gasteiger partial charge in [0.15, 0.2) is 12.4 Å². The van der Waals surface area contributed by atoms with Crippen molar-refractivity contribution < 1.29 is 37.0 Å². The van der Waals surface area contributed by atoms with Gasteiger partial charge in [0.05, 0.1) is 4.90 Å². The van der Waals surface area contributed by atoms with E-state index in [1.165, 1.54) is 3.97 Å². The molecule has 6 heteroatoms. The summed E-state index contributed by atoms with van der Waals surface area (Å²) in [5.41, 5.74) is 1.71. The van der Waals surface area contributed by atoms with Gasteiger partial charge in [0.25, 0.3) is 10.0 Å². The van der Waals surface area contributed by atoms with Gasteiger partial charge in [-0.05, 0) is 25.1 Å². The van der Waals surface area contributed by atoms with Crippen LogP contribution in [0.5, 0.6) is 0 Å². The number of benzene rings is 1. The molecule has 1 aromatic carbocycles. The summed E-state index contributed by atoms with van der Waals surface area (Å²) in [6.45, 7) is 1.93. The highest BCUT2D eigenvalue weighted by Gasteiger charge is 2.19. The van der Waals surface area contributed by atoms with E-state index in [9.17, 15) is 8.42 Å². The molecule has 0 atom stereocenters. The Morgan fingerprint density at radius 2 is 1.71 bits per heavy atom. The van der Waals surface area contributed by atoms with Gasteiger partial charge in [-0.1, -0.05) is 17.7 Å². The molecular formula is C15H15IN2O2S. The average Bonchev–Trinajstić information content (AvgIpc) is 2.82. The number of pyridine rings is 1. The molecule has 3 rings (SSSR count). The van der Waals surface area contributed by atoms with Crippen LogP contribution in [-0.4, -0.2) is 12.4 Å². The summed E-state index contributed by atoms with van der Waals surface area (Å²) in [5.74, 6) is 0. The van der Waals surface area contributed by atoms with Crippen molar-refractivity contribution in [2.24, 2.45) is 7.05 Å². The lowest BCUT2D eigenvalue weighted by Crippen LogP contribution is -3.00. The zero-order valence-corrected chi connectivity index (χ0v) is 14.7. The number of hydrogen-bond donors (Lipinski definition) is 0. The van der Waals surface area contributed by atoms with Gasteiger partial charge in [-0.15, -0.1) is 0 Å². The lowest BCUT2D eigenvalue weighted by Gasteiger charge is -2.07. The summed E-state index contributed by atoms with van der Waals surface area (Å²) in [7, 11) is -1.68. The molecule has 0 aliphatic rings. The molecule has 0 radical (unpaired) electrons. The first-order valence-electron chi connectivity index (χ1n) is 6.27. The van der Waals surface area contributed by atoms with Crippen LogP contribution < -0.4 is 28.5 Å². The van der Waals surface area contributed by atoms with E-state index in [1.807, 2.05) is 30.8 Å². The smallest absolute Gasteiger partial charge is 0.268 e. The van der Waals surface area contributed by atoms with Gasteiger partial charge in [0, 0.05) is 17.6 Å². The number of aromatic nitrogens is 2. The fourth-order valence-electron chi connectivity index (χ4n) is 2.18. The molecule has 0 aliphatic heterocycles. The highest BCUT2D eigenvalue weighted by Crippen LogP contribution is 2.21. The summed E-state index contributed by atoms with van der Waals surface area (Å²) in [6.07, 6.45) is 5.30. The molecule has 0 saturated heterocycles. The largest absolute Gasteiger partial charge is 1.00 e. The van der Waals surface area contributed by atoms with Crippen LogP contribution in [0.25, 0.3) is 10.9 Å². The Labute approximate surface area is 141 Å². The monoisotopic (exact) mass is 414 g/mol. The molecule has 0 N–H and O–H groups in total. The molecule has 0 bridgehead atoms. The Morgan fingerprint density at radius 1 is 1.05 bits per heavy atom. The van der Waals surface area contributed by atoms with Crippen LogP contribution in [0.15, 0.2) is 59.9 Å². The van der Waals surface area contributed by atoms with E-state index in [0.717, 1.165) is 10.9 Å². The molecular weight excluding hydrogens is 399 g/mol. The van der Waals surface area contributed by atoms with Crippen molar-refractivity contribution in [1.82, 2.24) is 3.97 Å². The molecule has 2 aromatic heterocycles. The Hall–Kier alpha value is -1.41. The number of nitrogens with zero attached hydrogens (tertiary/aromatic N) is 2. The minimum atomic E-state index is -3.55. The lowest BCUT2D eigenvalue weighted by molar-refractivity contribution is -0.670. The van der Waals surface area contributed by atoms with Crippen molar-refractivity contribution in [3.8, 4) is 0 Å². The predicted octanol–water partition coefficient (Wildman–Crippen LogP) is -0.985. The Morgan fingerprint density at radius 3 is 2.38 bits per heavy atom. The molecule has 21 heavy (non-hydrogen) atoms. The van der Waals surface area contributed by atoms with Crippen molar-refractivity contribution in [1.29, 1.82) is 0 Å². The third-order valence-corrected chi connectivity index (χ3v) is 5.02. The molecule has 3 aromatic rings. The fraction of sp³-hybridized carbons (Fsp3) is 0.133. The van der Waals surface area contributed by atoms with Gasteiger partial charge < -0.3 is 24.0 Å². The molecule has 0 fully saturated rings. The zero-order chi connectivity index (χ0) is 14.3. The summed E-state index contributed by atoms with van der Waals surface area (Å²) >= 11 is 0. The first-order chi connectivity index (χ1) is 9.48. The van der Waals surface area contributed by atoms with E-state index in [2.05, 4.69) is 0 Å². The van der Waals surface area contributed by atoms with Gasteiger partial charge in [-0.25, -0.2) is 17.0 Å². The predicted molar refractivity (Wildman–Crippen MR) is 76.9 cm³/mol. The summed E-state index contributed by atoms with van der Waals surface area (Å²) in [5, 5.41) is 0.902. The Kier molecular flexibility index (Phi) is 4.38. The third-order valence-electron chi connectivity index (χ3n) is 3.32. The fourth-order valence-corrected chi connectivity index (χ4v) is 3.52. The van der Waals surface area contributed by atoms with Gasteiger partial charge in [0.2, 0.25) is 0 Å². The average molecular weight is 414 g/mol. The SMILES string of the molecule is Cc1ccc(S(=O)(=O)n2ccc3cc[n+](C)cc32)cc1.[I-]. The number of rotatable bonds is 2. The van der Waals surface area contributed by atoms with Crippen molar-refractivity contribution in [3.63, 3.8) is 0 Å². The zero-order valence-electron chi connectivity index (χ0n) is 11.7. The maximum Gasteiger partial charge on any atom is 0.268 e. The second-order valence-corrected chi connectivity index (χ2v) is 6.70. The normalized spacial score (nSPS) is 11.3. The maximum atomic E-state index is 12.7. The van der Waals surface area contributed by atoms with E-state index in [-0.39, 0.29) is 24.0 Å². The topological polar surface area (TPSA) is 43.0 Å². The molecule has 0 saturated carbocycles. The Balaban J connectivity index is 0.00000161. The van der Waals surface area contributed by atoms with Crippen LogP contribution in [-0.2, 0) is 17.1 Å². The standard InChI is InChI=1S/C15H15N2O2S.HI/c1-12-3-5-14(6-4-12)20(18,19)17-10-8-13-7-9-16(2)11-15(13)17;/h3-11H,1-2H3;1H/q+1;/p-1. The molecule has 0 unspecified atom stereocenters. The van der Waals surface area contributed by atoms with Crippen LogP contribution in [0.2, 0.25) is 0 Å². The van der Waals surface area contributed by atoms with Crippen molar-refractivity contribution in [2.45, 2.75) is 11.8 Å². The first-order valence-corrected chi connectivity index (χ1v) is 7.71. The van der Waals surface area contributed by atoms with E-state index in [0.29, 0.717) is 10.4 Å². The highest BCUT2D eigenvalue weighted by atomic mass is 127. The molecule has 2 heterocycles. The summed E-state index contributed by atoms with van der Waals surface area (Å²) in [6, 6.07) is 10.6. The minimum Gasteiger partial charge on any atom is -1.00 e. The molecule has 0 aliphatic carbocycles. The van der Waals surface area contributed by atoms with E-state index < -0.39 is 10.0 Å². The quantitative estimate of drug-likeness (QED) is 0.400. The van der Waals surface area contributed by atoms with Crippen LogP contribution in [0.1, 0.15) is 5.56 Å². The van der Waals surface area contributed by atoms with Crippen molar-refractivity contribution in [3.05, 3.63) is 60.6 Å². The number of hydrogen-bond acceptors (Lipinski definition) is 2. The van der Waals surface area contributed by atoms with Gasteiger partial charge >= 0.3 is 0 Å². The molecule has 0 amide bonds. The second kappa shape index (κ2) is 5.76. The Bertz CT molecular complexity index is 884.